The molecule has 1 aromatic carbocycles. The van der Waals surface area contributed by atoms with E-state index >= 15 is 0 Å². The van der Waals surface area contributed by atoms with Gasteiger partial charge in [-0.1, -0.05) is 30.7 Å². The van der Waals surface area contributed by atoms with Crippen molar-refractivity contribution in [3.63, 3.8) is 0 Å². The number of anilines is 2. The number of hydrogen-bond donors (Lipinski definition) is 1. The zero-order chi connectivity index (χ0) is 15.4. The van der Waals surface area contributed by atoms with Crippen molar-refractivity contribution in [2.75, 3.05) is 17.7 Å². The van der Waals surface area contributed by atoms with E-state index in [9.17, 15) is 0 Å². The Balaban J connectivity index is 2.28. The summed E-state index contributed by atoms with van der Waals surface area (Å²) in [4.78, 5) is 11.0. The van der Waals surface area contributed by atoms with Crippen LogP contribution in [0.5, 0.6) is 0 Å². The molecule has 0 fully saturated rings. The molecule has 1 heterocycles. The Bertz CT molecular complexity index is 615. The molecule has 0 aliphatic rings. The lowest BCUT2D eigenvalue weighted by atomic mass is 10.1. The largest absolute Gasteiger partial charge is 0.384 e. The number of nitrogens with two attached hydrogens (primary N) is 1. The lowest BCUT2D eigenvalue weighted by Gasteiger charge is -2.27. The monoisotopic (exact) mass is 304 g/mol. The van der Waals surface area contributed by atoms with E-state index in [1.165, 1.54) is 0 Å². The number of benzene rings is 1. The van der Waals surface area contributed by atoms with Gasteiger partial charge >= 0.3 is 0 Å². The second kappa shape index (κ2) is 6.76. The summed E-state index contributed by atoms with van der Waals surface area (Å²) in [6, 6.07) is 9.82. The maximum absolute atomic E-state index is 6.07. The number of halogens is 1. The first-order chi connectivity index (χ1) is 10.0. The Morgan fingerprint density at radius 3 is 2.71 bits per heavy atom. The molecule has 4 nitrogen and oxygen atoms in total. The summed E-state index contributed by atoms with van der Waals surface area (Å²) < 4.78 is 0. The highest BCUT2D eigenvalue weighted by molar-refractivity contribution is 6.30. The van der Waals surface area contributed by atoms with E-state index in [1.54, 1.807) is 6.07 Å². The fourth-order valence-corrected chi connectivity index (χ4v) is 2.41. The molecule has 0 saturated heterocycles. The number of rotatable bonds is 5. The van der Waals surface area contributed by atoms with Gasteiger partial charge in [0.15, 0.2) is 0 Å². The molecule has 2 N–H and O–H groups in total. The SMILES string of the molecule is CCCc1nc(N)cc(N(C)C(C)c2cccc(Cl)c2)n1. The molecule has 112 valence electrons. The summed E-state index contributed by atoms with van der Waals surface area (Å²) in [5.74, 6) is 2.13. The van der Waals surface area contributed by atoms with Crippen LogP contribution in [0.15, 0.2) is 30.3 Å². The van der Waals surface area contributed by atoms with Gasteiger partial charge in [0.05, 0.1) is 6.04 Å². The topological polar surface area (TPSA) is 55.0 Å². The lowest BCUT2D eigenvalue weighted by molar-refractivity contribution is 0.719. The van der Waals surface area contributed by atoms with Crippen LogP contribution in [-0.4, -0.2) is 17.0 Å². The third kappa shape index (κ3) is 3.85. The minimum atomic E-state index is 0.146. The van der Waals surface area contributed by atoms with E-state index < -0.39 is 0 Å². The number of nitrogens with zero attached hydrogens (tertiary/aromatic N) is 3. The van der Waals surface area contributed by atoms with Crippen molar-refractivity contribution in [3.05, 3.63) is 46.7 Å². The van der Waals surface area contributed by atoms with E-state index in [0.717, 1.165) is 35.1 Å². The number of aryl methyl sites for hydroxylation is 1. The highest BCUT2D eigenvalue weighted by Gasteiger charge is 2.15. The van der Waals surface area contributed by atoms with Crippen molar-refractivity contribution in [1.82, 2.24) is 9.97 Å². The van der Waals surface area contributed by atoms with Crippen LogP contribution in [0.1, 0.15) is 37.7 Å². The van der Waals surface area contributed by atoms with Gasteiger partial charge in [-0.2, -0.15) is 0 Å². The normalized spacial score (nSPS) is 12.2. The quantitative estimate of drug-likeness (QED) is 0.911. The first-order valence-electron chi connectivity index (χ1n) is 7.13. The van der Waals surface area contributed by atoms with Gasteiger partial charge in [-0.3, -0.25) is 0 Å². The predicted molar refractivity (Wildman–Crippen MR) is 88.7 cm³/mol. The summed E-state index contributed by atoms with van der Waals surface area (Å²) >= 11 is 6.07. The molecule has 0 radical (unpaired) electrons. The second-order valence-corrected chi connectivity index (χ2v) is 5.60. The van der Waals surface area contributed by atoms with Crippen molar-refractivity contribution >= 4 is 23.2 Å². The van der Waals surface area contributed by atoms with E-state index in [4.69, 9.17) is 17.3 Å². The Hall–Kier alpha value is -1.81. The summed E-state index contributed by atoms with van der Waals surface area (Å²) in [6.07, 6.45) is 1.83. The van der Waals surface area contributed by atoms with Crippen LogP contribution in [0, 0.1) is 0 Å². The number of aromatic nitrogens is 2. The number of nitrogen functional groups attached to an aromatic ring is 1. The molecule has 1 aromatic heterocycles. The summed E-state index contributed by atoms with van der Waals surface area (Å²) in [6.45, 7) is 4.22. The molecule has 2 aromatic rings. The van der Waals surface area contributed by atoms with E-state index in [0.29, 0.717) is 5.82 Å². The van der Waals surface area contributed by atoms with Gasteiger partial charge < -0.3 is 10.6 Å². The average Bonchev–Trinajstić information content (AvgIpc) is 2.45. The van der Waals surface area contributed by atoms with Crippen LogP contribution in [0.25, 0.3) is 0 Å². The van der Waals surface area contributed by atoms with E-state index in [1.807, 2.05) is 25.2 Å². The van der Waals surface area contributed by atoms with Crippen LogP contribution >= 0.6 is 11.6 Å². The first-order valence-corrected chi connectivity index (χ1v) is 7.50. The Morgan fingerprint density at radius 2 is 2.05 bits per heavy atom. The van der Waals surface area contributed by atoms with Gasteiger partial charge in [-0.15, -0.1) is 0 Å². The Morgan fingerprint density at radius 1 is 1.29 bits per heavy atom. The Kier molecular flexibility index (Phi) is 5.02. The fraction of sp³-hybridized carbons (Fsp3) is 0.375. The molecule has 2 rings (SSSR count). The van der Waals surface area contributed by atoms with Crippen LogP contribution in [0.3, 0.4) is 0 Å². The van der Waals surface area contributed by atoms with Gasteiger partial charge in [-0.05, 0) is 31.0 Å². The highest BCUT2D eigenvalue weighted by Crippen LogP contribution is 2.26. The highest BCUT2D eigenvalue weighted by atomic mass is 35.5. The molecule has 1 atom stereocenters. The molecule has 21 heavy (non-hydrogen) atoms. The smallest absolute Gasteiger partial charge is 0.134 e. The summed E-state index contributed by atoms with van der Waals surface area (Å²) in [7, 11) is 2.00. The molecule has 0 aliphatic carbocycles. The molecule has 0 spiro atoms. The maximum atomic E-state index is 6.07. The van der Waals surface area contributed by atoms with Crippen molar-refractivity contribution < 1.29 is 0 Å². The molecule has 0 aliphatic heterocycles. The van der Waals surface area contributed by atoms with Crippen molar-refractivity contribution in [2.24, 2.45) is 0 Å². The van der Waals surface area contributed by atoms with Crippen LogP contribution < -0.4 is 10.6 Å². The third-order valence-electron chi connectivity index (χ3n) is 3.53. The van der Waals surface area contributed by atoms with Crippen LogP contribution in [-0.2, 0) is 6.42 Å². The summed E-state index contributed by atoms with van der Waals surface area (Å²) in [5, 5.41) is 0.738. The van der Waals surface area contributed by atoms with Gasteiger partial charge in [0.2, 0.25) is 0 Å². The van der Waals surface area contributed by atoms with E-state index in [-0.39, 0.29) is 6.04 Å². The molecule has 0 saturated carbocycles. The molecular weight excluding hydrogens is 284 g/mol. The Labute approximate surface area is 131 Å². The minimum absolute atomic E-state index is 0.146. The van der Waals surface area contributed by atoms with Gasteiger partial charge in [0.1, 0.15) is 17.5 Å². The summed E-state index contributed by atoms with van der Waals surface area (Å²) in [5.41, 5.74) is 7.03. The van der Waals surface area contributed by atoms with Crippen molar-refractivity contribution in [2.45, 2.75) is 32.7 Å². The van der Waals surface area contributed by atoms with Crippen molar-refractivity contribution in [1.29, 1.82) is 0 Å². The van der Waals surface area contributed by atoms with Crippen LogP contribution in [0.2, 0.25) is 5.02 Å². The standard InChI is InChI=1S/C16H21ClN4/c1-4-6-15-19-14(18)10-16(20-15)21(3)11(2)12-7-5-8-13(17)9-12/h5,7-11H,4,6H2,1-3H3,(H2,18,19,20). The zero-order valence-corrected chi connectivity index (χ0v) is 13.4. The molecule has 0 bridgehead atoms. The van der Waals surface area contributed by atoms with Crippen molar-refractivity contribution in [3.8, 4) is 0 Å². The first kappa shape index (κ1) is 15.6. The number of hydrogen-bond acceptors (Lipinski definition) is 4. The molecule has 1 unspecified atom stereocenters. The molecule has 0 amide bonds. The average molecular weight is 305 g/mol. The zero-order valence-electron chi connectivity index (χ0n) is 12.7. The van der Waals surface area contributed by atoms with Crippen LogP contribution in [0.4, 0.5) is 11.6 Å². The maximum Gasteiger partial charge on any atom is 0.134 e. The van der Waals surface area contributed by atoms with Gasteiger partial charge in [0, 0.05) is 24.6 Å². The van der Waals surface area contributed by atoms with Gasteiger partial charge in [0.25, 0.3) is 0 Å². The van der Waals surface area contributed by atoms with Gasteiger partial charge in [-0.25, -0.2) is 9.97 Å². The second-order valence-electron chi connectivity index (χ2n) is 5.16. The molecular formula is C16H21ClN4. The van der Waals surface area contributed by atoms with E-state index in [2.05, 4.69) is 34.8 Å². The predicted octanol–water partition coefficient (Wildman–Crippen LogP) is 3.86. The lowest BCUT2D eigenvalue weighted by Crippen LogP contribution is -2.23. The third-order valence-corrected chi connectivity index (χ3v) is 3.76. The molecule has 5 heteroatoms. The fourth-order valence-electron chi connectivity index (χ4n) is 2.21. The minimum Gasteiger partial charge on any atom is -0.384 e.